The van der Waals surface area contributed by atoms with Crippen LogP contribution >= 0.6 is 0 Å². The number of nitrogens with zero attached hydrogens (tertiary/aromatic N) is 1. The fraction of sp³-hybridized carbons (Fsp3) is 0.522. The summed E-state index contributed by atoms with van der Waals surface area (Å²) < 4.78 is 5.15. The van der Waals surface area contributed by atoms with Crippen LogP contribution in [0.3, 0.4) is 0 Å². The van der Waals surface area contributed by atoms with Crippen molar-refractivity contribution in [1.82, 2.24) is 15.5 Å². The van der Waals surface area contributed by atoms with Gasteiger partial charge in [0, 0.05) is 12.6 Å². The van der Waals surface area contributed by atoms with E-state index in [-0.39, 0.29) is 12.5 Å². The summed E-state index contributed by atoms with van der Waals surface area (Å²) in [7, 11) is 0. The van der Waals surface area contributed by atoms with Gasteiger partial charge in [0.1, 0.15) is 18.2 Å². The Hall–Kier alpha value is -3.01. The molecule has 1 unspecified atom stereocenters. The molecule has 1 atom stereocenters. The van der Waals surface area contributed by atoms with Crippen LogP contribution in [0.25, 0.3) is 0 Å². The number of rotatable bonds is 8. The Morgan fingerprint density at radius 3 is 2.27 bits per heavy atom. The maximum absolute atomic E-state index is 13.0. The highest BCUT2D eigenvalue weighted by Crippen LogP contribution is 2.27. The number of ether oxygens (including phenoxy) is 1. The number of aryl methyl sites for hydroxylation is 2. The van der Waals surface area contributed by atoms with E-state index in [1.165, 1.54) is 0 Å². The molecule has 0 bridgehead atoms. The van der Waals surface area contributed by atoms with Crippen molar-refractivity contribution >= 4 is 17.9 Å². The van der Waals surface area contributed by atoms with E-state index >= 15 is 0 Å². The molecule has 0 aliphatic heterocycles. The second-order valence-electron chi connectivity index (χ2n) is 8.10. The van der Waals surface area contributed by atoms with E-state index < -0.39 is 23.6 Å². The van der Waals surface area contributed by atoms with Gasteiger partial charge in [0.05, 0.1) is 0 Å². The molecule has 0 fully saturated rings. The van der Waals surface area contributed by atoms with Crippen LogP contribution in [0.15, 0.2) is 18.2 Å². The molecule has 0 radical (unpaired) electrons. The maximum Gasteiger partial charge on any atom is 0.408 e. The first-order chi connectivity index (χ1) is 14.0. The fourth-order valence-electron chi connectivity index (χ4n) is 2.96. The number of benzene rings is 1. The molecule has 30 heavy (non-hydrogen) atoms. The zero-order valence-electron chi connectivity index (χ0n) is 18.8. The molecule has 0 aromatic heterocycles. The van der Waals surface area contributed by atoms with Crippen molar-refractivity contribution in [2.75, 3.05) is 13.1 Å². The molecule has 0 saturated heterocycles. The first-order valence-corrected chi connectivity index (χ1v) is 10.1. The molecule has 0 aliphatic rings. The normalized spacial score (nSPS) is 11.8. The Kier molecular flexibility index (Phi) is 9.38. The SMILES string of the molecule is C#CN(C(=O)CNC(=O)OC(C)(C)C)C(C(=O)NCCCC)c1c(C)cccc1C. The molecule has 1 rings (SSSR count). The van der Waals surface area contributed by atoms with E-state index in [1.807, 2.05) is 39.0 Å². The highest BCUT2D eigenvalue weighted by molar-refractivity contribution is 5.92. The third-order valence-electron chi connectivity index (χ3n) is 4.34. The van der Waals surface area contributed by atoms with Crippen LogP contribution < -0.4 is 10.6 Å². The van der Waals surface area contributed by atoms with Gasteiger partial charge in [-0.1, -0.05) is 38.0 Å². The Balaban J connectivity index is 3.13. The first kappa shape index (κ1) is 25.0. The third kappa shape index (κ3) is 7.43. The predicted molar refractivity (Wildman–Crippen MR) is 116 cm³/mol. The molecule has 0 aliphatic carbocycles. The van der Waals surface area contributed by atoms with Crippen LogP contribution in [-0.2, 0) is 14.3 Å². The second-order valence-corrected chi connectivity index (χ2v) is 8.10. The second kappa shape index (κ2) is 11.2. The highest BCUT2D eigenvalue weighted by atomic mass is 16.6. The van der Waals surface area contributed by atoms with Crippen molar-refractivity contribution in [2.24, 2.45) is 0 Å². The van der Waals surface area contributed by atoms with Gasteiger partial charge in [-0.25, -0.2) is 4.79 Å². The summed E-state index contributed by atoms with van der Waals surface area (Å²) in [6, 6.07) is 6.95. The van der Waals surface area contributed by atoms with Gasteiger partial charge in [0.2, 0.25) is 5.91 Å². The van der Waals surface area contributed by atoms with Gasteiger partial charge < -0.3 is 15.4 Å². The topological polar surface area (TPSA) is 87.7 Å². The summed E-state index contributed by atoms with van der Waals surface area (Å²) in [5, 5.41) is 5.26. The Morgan fingerprint density at radius 1 is 1.17 bits per heavy atom. The van der Waals surface area contributed by atoms with Crippen molar-refractivity contribution in [3.05, 3.63) is 34.9 Å². The molecule has 0 spiro atoms. The van der Waals surface area contributed by atoms with Crippen LogP contribution in [0, 0.1) is 26.3 Å². The molecule has 0 heterocycles. The van der Waals surface area contributed by atoms with Crippen molar-refractivity contribution in [1.29, 1.82) is 0 Å². The molecule has 1 aromatic rings. The van der Waals surface area contributed by atoms with Crippen molar-refractivity contribution in [3.8, 4) is 12.5 Å². The number of carbonyl (C=O) groups is 3. The standard InChI is InChI=1S/C23H33N3O4/c1-8-10-14-24-21(28)20(19-16(3)12-11-13-17(19)4)26(9-2)18(27)15-25-22(29)30-23(5,6)7/h2,11-13,20H,8,10,14-15H2,1,3-7H3,(H,24,28)(H,25,29). The molecule has 0 saturated carbocycles. The van der Waals surface area contributed by atoms with Crippen molar-refractivity contribution in [3.63, 3.8) is 0 Å². The third-order valence-corrected chi connectivity index (χ3v) is 4.34. The minimum atomic E-state index is -0.999. The number of terminal acetylenes is 1. The minimum absolute atomic E-state index is 0.357. The minimum Gasteiger partial charge on any atom is -0.444 e. The van der Waals surface area contributed by atoms with E-state index in [9.17, 15) is 14.4 Å². The van der Waals surface area contributed by atoms with Crippen molar-refractivity contribution < 1.29 is 19.1 Å². The van der Waals surface area contributed by atoms with E-state index in [0.29, 0.717) is 12.1 Å². The van der Waals surface area contributed by atoms with Crippen LogP contribution in [0.1, 0.15) is 63.3 Å². The molecule has 1 aromatic carbocycles. The van der Waals surface area contributed by atoms with Gasteiger partial charge in [-0.3, -0.25) is 14.5 Å². The molecule has 3 amide bonds. The monoisotopic (exact) mass is 415 g/mol. The van der Waals surface area contributed by atoms with Crippen LogP contribution in [-0.4, -0.2) is 41.5 Å². The van der Waals surface area contributed by atoms with Crippen molar-refractivity contribution in [2.45, 2.75) is 66.0 Å². The lowest BCUT2D eigenvalue weighted by atomic mass is 9.94. The van der Waals surface area contributed by atoms with E-state index in [4.69, 9.17) is 11.2 Å². The Morgan fingerprint density at radius 2 is 1.77 bits per heavy atom. The molecular formula is C23H33N3O4. The highest BCUT2D eigenvalue weighted by Gasteiger charge is 2.33. The number of carbonyl (C=O) groups excluding carboxylic acids is 3. The molecule has 164 valence electrons. The van der Waals surface area contributed by atoms with Crippen LogP contribution in [0.2, 0.25) is 0 Å². The average Bonchev–Trinajstić information content (AvgIpc) is 2.64. The number of nitrogens with one attached hydrogen (secondary N) is 2. The van der Waals surface area contributed by atoms with E-state index in [1.54, 1.807) is 20.8 Å². The van der Waals surface area contributed by atoms with Gasteiger partial charge >= 0.3 is 6.09 Å². The molecular weight excluding hydrogens is 382 g/mol. The first-order valence-electron chi connectivity index (χ1n) is 10.1. The Labute approximate surface area is 179 Å². The summed E-state index contributed by atoms with van der Waals surface area (Å²) >= 11 is 0. The van der Waals surface area contributed by atoms with E-state index in [2.05, 4.69) is 16.7 Å². The lowest BCUT2D eigenvalue weighted by molar-refractivity contribution is -0.136. The predicted octanol–water partition coefficient (Wildman–Crippen LogP) is 3.20. The quantitative estimate of drug-likeness (QED) is 0.388. The zero-order chi connectivity index (χ0) is 22.9. The average molecular weight is 416 g/mol. The largest absolute Gasteiger partial charge is 0.444 e. The molecule has 7 nitrogen and oxygen atoms in total. The number of alkyl carbamates (subject to hydrolysis) is 1. The van der Waals surface area contributed by atoms with Crippen LogP contribution in [0.5, 0.6) is 0 Å². The molecule has 7 heteroatoms. The van der Waals surface area contributed by atoms with Crippen LogP contribution in [0.4, 0.5) is 4.79 Å². The number of hydrogen-bond acceptors (Lipinski definition) is 4. The molecule has 2 N–H and O–H groups in total. The lowest BCUT2D eigenvalue weighted by Gasteiger charge is -2.29. The maximum atomic E-state index is 13.0. The van der Waals surface area contributed by atoms with E-state index in [0.717, 1.165) is 28.9 Å². The smallest absolute Gasteiger partial charge is 0.408 e. The summed E-state index contributed by atoms with van der Waals surface area (Å²) in [5.41, 5.74) is 1.67. The summed E-state index contributed by atoms with van der Waals surface area (Å²) in [4.78, 5) is 38.8. The number of unbranched alkanes of at least 4 members (excludes halogenated alkanes) is 1. The van der Waals surface area contributed by atoms with Gasteiger partial charge in [-0.05, 0) is 57.7 Å². The number of amides is 3. The summed E-state index contributed by atoms with van der Waals surface area (Å²) in [5.74, 6) is -0.939. The zero-order valence-corrected chi connectivity index (χ0v) is 18.8. The Bertz CT molecular complexity index is 785. The summed E-state index contributed by atoms with van der Waals surface area (Å²) in [6.45, 7) is 11.0. The summed E-state index contributed by atoms with van der Waals surface area (Å²) in [6.07, 6.45) is 6.65. The fourth-order valence-corrected chi connectivity index (χ4v) is 2.96. The van der Waals surface area contributed by atoms with Gasteiger partial charge in [0.15, 0.2) is 0 Å². The lowest BCUT2D eigenvalue weighted by Crippen LogP contribution is -2.46. The number of hydrogen-bond donors (Lipinski definition) is 2. The van der Waals surface area contributed by atoms with Gasteiger partial charge in [-0.2, -0.15) is 0 Å². The van der Waals surface area contributed by atoms with Gasteiger partial charge in [-0.15, -0.1) is 0 Å². The van der Waals surface area contributed by atoms with Gasteiger partial charge in [0.25, 0.3) is 5.91 Å².